The first-order valence-corrected chi connectivity index (χ1v) is 17.4. The smallest absolute Gasteiger partial charge is 0.331 e. The first-order valence-electron chi connectivity index (χ1n) is 17.4. The second-order valence-electron chi connectivity index (χ2n) is 17.4. The summed E-state index contributed by atoms with van der Waals surface area (Å²) < 4.78 is 6.08. The first kappa shape index (κ1) is 33.1. The zero-order valence-corrected chi connectivity index (χ0v) is 28.6. The number of aliphatic hydroxyl groups excluding tert-OH is 1. The van der Waals surface area contributed by atoms with Crippen molar-refractivity contribution in [2.75, 3.05) is 6.61 Å². The highest BCUT2D eigenvalue weighted by atomic mass is 16.5. The predicted octanol–water partition coefficient (Wildman–Crippen LogP) is 7.88. The van der Waals surface area contributed by atoms with Crippen LogP contribution < -0.4 is 0 Å². The van der Waals surface area contributed by atoms with E-state index in [0.717, 1.165) is 57.8 Å². The summed E-state index contributed by atoms with van der Waals surface area (Å²) >= 11 is 0. The maximum atomic E-state index is 13.0. The molecular formula is C39H54O7. The number of carbonyl (C=O) groups is 2. The highest BCUT2D eigenvalue weighted by Crippen LogP contribution is 2.75. The van der Waals surface area contributed by atoms with Gasteiger partial charge in [-0.3, -0.25) is 4.79 Å². The van der Waals surface area contributed by atoms with E-state index in [1.54, 1.807) is 12.1 Å². The van der Waals surface area contributed by atoms with Gasteiger partial charge >= 0.3 is 11.9 Å². The van der Waals surface area contributed by atoms with E-state index in [1.807, 2.05) is 0 Å². The molecule has 0 aromatic heterocycles. The summed E-state index contributed by atoms with van der Waals surface area (Å²) in [5.41, 5.74) is 0.724. The summed E-state index contributed by atoms with van der Waals surface area (Å²) in [6.45, 7) is 14.0. The van der Waals surface area contributed by atoms with Crippen LogP contribution in [-0.4, -0.2) is 45.1 Å². The molecule has 6 rings (SSSR count). The SMILES string of the molecule is CC1(C)CCC2(C(=O)O)CCC3(C)C(=CCC4C5(C)CCC(OC(=O)C=Cc6ccc(O)c(O)c6)C(C)(CO)C5CCC43C)C2C1. The quantitative estimate of drug-likeness (QED) is 0.112. The number of carboxylic acid groups (broad SMARTS) is 1. The van der Waals surface area contributed by atoms with Crippen molar-refractivity contribution < 1.29 is 34.8 Å². The number of esters is 1. The molecule has 1 aromatic rings. The molecule has 46 heavy (non-hydrogen) atoms. The predicted molar refractivity (Wildman–Crippen MR) is 177 cm³/mol. The van der Waals surface area contributed by atoms with Crippen LogP contribution >= 0.6 is 0 Å². The maximum absolute atomic E-state index is 13.0. The van der Waals surface area contributed by atoms with E-state index in [9.17, 15) is 30.0 Å². The number of aliphatic carboxylic acids is 1. The first-order chi connectivity index (χ1) is 21.5. The molecule has 0 saturated heterocycles. The number of carboxylic acids is 1. The number of aromatic hydroxyl groups is 2. The molecule has 252 valence electrons. The second kappa shape index (κ2) is 10.9. The molecule has 9 unspecified atom stereocenters. The molecule has 0 heterocycles. The Balaban J connectivity index is 1.27. The lowest BCUT2D eigenvalue weighted by atomic mass is 9.33. The Hall–Kier alpha value is -2.80. The van der Waals surface area contributed by atoms with Crippen molar-refractivity contribution in [3.63, 3.8) is 0 Å². The van der Waals surface area contributed by atoms with Crippen molar-refractivity contribution in [3.05, 3.63) is 41.5 Å². The van der Waals surface area contributed by atoms with Gasteiger partial charge in [0.1, 0.15) is 6.10 Å². The Labute approximate surface area is 274 Å². The molecule has 0 amide bonds. The molecule has 7 nitrogen and oxygen atoms in total. The van der Waals surface area contributed by atoms with Crippen molar-refractivity contribution in [3.8, 4) is 11.5 Å². The number of fused-ring (bicyclic) bond motifs is 7. The number of aliphatic hydroxyl groups is 1. The van der Waals surface area contributed by atoms with Crippen LogP contribution in [0, 0.1) is 50.2 Å². The average Bonchev–Trinajstić information content (AvgIpc) is 2.99. The number of hydrogen-bond acceptors (Lipinski definition) is 6. The van der Waals surface area contributed by atoms with Crippen LogP contribution in [0.4, 0.5) is 0 Å². The third-order valence-corrected chi connectivity index (χ3v) is 14.8. The van der Waals surface area contributed by atoms with E-state index < -0.39 is 28.9 Å². The molecule has 5 aliphatic rings. The van der Waals surface area contributed by atoms with Crippen LogP contribution in [-0.2, 0) is 14.3 Å². The van der Waals surface area contributed by atoms with Crippen LogP contribution in [0.5, 0.6) is 11.5 Å². The summed E-state index contributed by atoms with van der Waals surface area (Å²) in [6.07, 6.45) is 13.7. The number of benzene rings is 1. The zero-order valence-electron chi connectivity index (χ0n) is 28.6. The van der Waals surface area contributed by atoms with Crippen molar-refractivity contribution in [2.24, 2.45) is 50.2 Å². The van der Waals surface area contributed by atoms with E-state index in [-0.39, 0.29) is 51.6 Å². The van der Waals surface area contributed by atoms with Gasteiger partial charge in [0.15, 0.2) is 11.5 Å². The van der Waals surface area contributed by atoms with Crippen LogP contribution in [0.3, 0.4) is 0 Å². The van der Waals surface area contributed by atoms with Crippen LogP contribution in [0.2, 0.25) is 0 Å². The molecule has 7 heteroatoms. The lowest BCUT2D eigenvalue weighted by Gasteiger charge is -2.71. The molecule has 4 N–H and O–H groups in total. The summed E-state index contributed by atoms with van der Waals surface area (Å²) in [4.78, 5) is 26.0. The van der Waals surface area contributed by atoms with Crippen molar-refractivity contribution in [2.45, 2.75) is 112 Å². The van der Waals surface area contributed by atoms with Crippen LogP contribution in [0.15, 0.2) is 35.9 Å². The lowest BCUT2D eigenvalue weighted by molar-refractivity contribution is -0.223. The number of phenols is 2. The zero-order chi connectivity index (χ0) is 33.5. The highest BCUT2D eigenvalue weighted by molar-refractivity contribution is 5.87. The number of phenolic OH excluding ortho intramolecular Hbond substituents is 2. The summed E-state index contributed by atoms with van der Waals surface area (Å²) in [7, 11) is 0. The van der Waals surface area contributed by atoms with Gasteiger partial charge in [0.2, 0.25) is 0 Å². The van der Waals surface area contributed by atoms with Gasteiger partial charge in [-0.25, -0.2) is 4.79 Å². The van der Waals surface area contributed by atoms with Crippen LogP contribution in [0.25, 0.3) is 6.08 Å². The normalized spacial score (nSPS) is 43.0. The van der Waals surface area contributed by atoms with Crippen molar-refractivity contribution >= 4 is 18.0 Å². The Morgan fingerprint density at radius 2 is 1.63 bits per heavy atom. The number of carbonyl (C=O) groups excluding carboxylic acids is 1. The fraction of sp³-hybridized carbons (Fsp3) is 0.692. The van der Waals surface area contributed by atoms with E-state index in [1.165, 1.54) is 23.8 Å². The largest absolute Gasteiger partial charge is 0.504 e. The molecule has 0 aliphatic heterocycles. The third kappa shape index (κ3) is 4.69. The van der Waals surface area contributed by atoms with Gasteiger partial charge in [-0.1, -0.05) is 59.3 Å². The fourth-order valence-electron chi connectivity index (χ4n) is 11.8. The summed E-state index contributed by atoms with van der Waals surface area (Å²) in [5, 5.41) is 41.0. The second-order valence-corrected chi connectivity index (χ2v) is 17.4. The molecule has 9 atom stereocenters. The van der Waals surface area contributed by atoms with E-state index >= 15 is 0 Å². The lowest BCUT2D eigenvalue weighted by Crippen LogP contribution is -2.66. The minimum absolute atomic E-state index is 0.00683. The molecule has 4 fully saturated rings. The highest BCUT2D eigenvalue weighted by Gasteiger charge is 2.70. The van der Waals surface area contributed by atoms with Gasteiger partial charge in [-0.2, -0.15) is 0 Å². The monoisotopic (exact) mass is 634 g/mol. The molecule has 0 spiro atoms. The standard InChI is InChI=1S/C39H54O7/c1-34(2)17-19-39(33(44)45)20-18-37(5)25(26(39)22-34)9-11-30-35(3)15-14-31(36(4,23-40)29(35)13-16-38(30,37)6)46-32(43)12-8-24-7-10-27(41)28(42)21-24/h7-10,12,21,26,29-31,40-42H,11,13-20,22-23H2,1-6H3,(H,44,45). The molecule has 1 aromatic carbocycles. The third-order valence-electron chi connectivity index (χ3n) is 14.8. The van der Waals surface area contributed by atoms with Gasteiger partial charge in [0.05, 0.1) is 12.0 Å². The Bertz CT molecular complexity index is 1480. The van der Waals surface area contributed by atoms with E-state index in [4.69, 9.17) is 4.74 Å². The number of ether oxygens (including phenoxy) is 1. The molecule has 0 radical (unpaired) electrons. The Kier molecular flexibility index (Phi) is 7.82. The molecular weight excluding hydrogens is 580 g/mol. The number of allylic oxidation sites excluding steroid dienone is 2. The van der Waals surface area contributed by atoms with Gasteiger partial charge in [-0.15, -0.1) is 0 Å². The average molecular weight is 635 g/mol. The van der Waals surface area contributed by atoms with Gasteiger partial charge < -0.3 is 25.2 Å². The van der Waals surface area contributed by atoms with Crippen molar-refractivity contribution in [1.82, 2.24) is 0 Å². The van der Waals surface area contributed by atoms with Gasteiger partial charge in [0, 0.05) is 11.5 Å². The number of hydrogen-bond donors (Lipinski definition) is 4. The Morgan fingerprint density at radius 1 is 0.913 bits per heavy atom. The summed E-state index contributed by atoms with van der Waals surface area (Å²) in [6, 6.07) is 4.36. The molecule has 4 saturated carbocycles. The van der Waals surface area contributed by atoms with Crippen molar-refractivity contribution in [1.29, 1.82) is 0 Å². The van der Waals surface area contributed by atoms with Crippen LogP contribution in [0.1, 0.15) is 111 Å². The molecule has 0 bridgehead atoms. The van der Waals surface area contributed by atoms with E-state index in [0.29, 0.717) is 17.9 Å². The maximum Gasteiger partial charge on any atom is 0.331 e. The van der Waals surface area contributed by atoms with Gasteiger partial charge in [-0.05, 0) is 127 Å². The molecule has 5 aliphatic carbocycles. The minimum atomic E-state index is -0.653. The Morgan fingerprint density at radius 3 is 2.30 bits per heavy atom. The van der Waals surface area contributed by atoms with Gasteiger partial charge in [0.25, 0.3) is 0 Å². The minimum Gasteiger partial charge on any atom is -0.504 e. The van der Waals surface area contributed by atoms with E-state index in [2.05, 4.69) is 47.6 Å². The topological polar surface area (TPSA) is 124 Å². The fourth-order valence-corrected chi connectivity index (χ4v) is 11.8. The summed E-state index contributed by atoms with van der Waals surface area (Å²) in [5.74, 6) is -0.948. The number of rotatable bonds is 5.